The predicted molar refractivity (Wildman–Crippen MR) is 76.4 cm³/mol. The number of rotatable bonds is 6. The van der Waals surface area contributed by atoms with Crippen molar-refractivity contribution < 1.29 is 9.90 Å². The third-order valence-corrected chi connectivity index (χ3v) is 3.78. The van der Waals surface area contributed by atoms with Crippen molar-refractivity contribution in [2.24, 2.45) is 13.0 Å². The minimum absolute atomic E-state index is 0.0847. The number of aryl methyl sites for hydroxylation is 1. The van der Waals surface area contributed by atoms with Crippen molar-refractivity contribution in [2.75, 3.05) is 13.1 Å². The van der Waals surface area contributed by atoms with Gasteiger partial charge < -0.3 is 5.11 Å². The normalized spacial score (nSPS) is 15.1. The zero-order valence-corrected chi connectivity index (χ0v) is 11.6. The van der Waals surface area contributed by atoms with E-state index in [-0.39, 0.29) is 6.54 Å². The van der Waals surface area contributed by atoms with Crippen LogP contribution in [0.5, 0.6) is 0 Å². The van der Waals surface area contributed by atoms with Crippen LogP contribution in [0.4, 0.5) is 0 Å². The molecule has 1 N–H and O–H groups in total. The number of para-hydroxylation sites is 1. The van der Waals surface area contributed by atoms with E-state index >= 15 is 0 Å². The molecule has 1 fully saturated rings. The second kappa shape index (κ2) is 5.25. The number of hydrogen-bond donors (Lipinski definition) is 1. The van der Waals surface area contributed by atoms with Crippen LogP contribution in [-0.4, -0.2) is 38.8 Å². The van der Waals surface area contributed by atoms with Crippen molar-refractivity contribution in [2.45, 2.75) is 19.4 Å². The number of hydrogen-bond acceptors (Lipinski definition) is 3. The van der Waals surface area contributed by atoms with Crippen molar-refractivity contribution in [3.63, 3.8) is 0 Å². The Labute approximate surface area is 117 Å². The number of aliphatic carboxylic acids is 1. The van der Waals surface area contributed by atoms with Gasteiger partial charge >= 0.3 is 5.97 Å². The molecule has 20 heavy (non-hydrogen) atoms. The van der Waals surface area contributed by atoms with Crippen LogP contribution < -0.4 is 0 Å². The number of fused-ring (bicyclic) bond motifs is 1. The first-order valence-corrected chi connectivity index (χ1v) is 6.98. The lowest BCUT2D eigenvalue weighted by Crippen LogP contribution is -2.31. The summed E-state index contributed by atoms with van der Waals surface area (Å²) in [5.41, 5.74) is 2.05. The van der Waals surface area contributed by atoms with Gasteiger partial charge in [0.2, 0.25) is 0 Å². The molecule has 106 valence electrons. The summed E-state index contributed by atoms with van der Waals surface area (Å²) in [6.07, 6.45) is 2.44. The largest absolute Gasteiger partial charge is 0.480 e. The maximum absolute atomic E-state index is 11.0. The number of carboxylic acids is 1. The SMILES string of the molecule is Cn1nc(CN(CC(=O)O)CC2CC2)c2ccccc21. The zero-order valence-electron chi connectivity index (χ0n) is 11.6. The third kappa shape index (κ3) is 2.82. The predicted octanol–water partition coefficient (Wildman–Crippen LogP) is 1.87. The molecule has 0 saturated heterocycles. The highest BCUT2D eigenvalue weighted by molar-refractivity contribution is 5.81. The summed E-state index contributed by atoms with van der Waals surface area (Å²) in [5.74, 6) is -0.102. The number of carboxylic acid groups (broad SMARTS) is 1. The molecule has 1 aliphatic carbocycles. The molecule has 0 unspecified atom stereocenters. The Morgan fingerprint density at radius 1 is 1.45 bits per heavy atom. The molecule has 1 heterocycles. The van der Waals surface area contributed by atoms with Crippen LogP contribution in [0.1, 0.15) is 18.5 Å². The van der Waals surface area contributed by atoms with Gasteiger partial charge in [-0.15, -0.1) is 0 Å². The second-order valence-corrected chi connectivity index (χ2v) is 5.59. The number of benzene rings is 1. The minimum Gasteiger partial charge on any atom is -0.480 e. The summed E-state index contributed by atoms with van der Waals surface area (Å²) >= 11 is 0. The lowest BCUT2D eigenvalue weighted by atomic mass is 10.2. The Morgan fingerprint density at radius 2 is 2.20 bits per heavy atom. The highest BCUT2D eigenvalue weighted by Gasteiger charge is 2.26. The lowest BCUT2D eigenvalue weighted by molar-refractivity contribution is -0.138. The summed E-state index contributed by atoms with van der Waals surface area (Å²) in [7, 11) is 1.92. The molecule has 0 atom stereocenters. The van der Waals surface area contributed by atoms with E-state index in [1.54, 1.807) is 0 Å². The zero-order chi connectivity index (χ0) is 14.1. The number of nitrogens with zero attached hydrogens (tertiary/aromatic N) is 3. The van der Waals surface area contributed by atoms with E-state index in [1.807, 2.05) is 40.9 Å². The van der Waals surface area contributed by atoms with Gasteiger partial charge in [0, 0.05) is 25.5 Å². The molecule has 5 nitrogen and oxygen atoms in total. The van der Waals surface area contributed by atoms with Crippen LogP contribution in [-0.2, 0) is 18.4 Å². The van der Waals surface area contributed by atoms with Gasteiger partial charge in [-0.25, -0.2) is 0 Å². The third-order valence-electron chi connectivity index (χ3n) is 3.78. The fourth-order valence-electron chi connectivity index (χ4n) is 2.66. The maximum atomic E-state index is 11.0. The van der Waals surface area contributed by atoms with Gasteiger partial charge in [0.15, 0.2) is 0 Å². The Bertz CT molecular complexity index is 631. The molecule has 0 aliphatic heterocycles. The van der Waals surface area contributed by atoms with E-state index in [0.29, 0.717) is 12.5 Å². The molecule has 0 amide bonds. The first kappa shape index (κ1) is 13.1. The van der Waals surface area contributed by atoms with Gasteiger partial charge in [0.05, 0.1) is 17.8 Å². The fraction of sp³-hybridized carbons (Fsp3) is 0.467. The first-order valence-electron chi connectivity index (χ1n) is 6.98. The van der Waals surface area contributed by atoms with Gasteiger partial charge in [-0.1, -0.05) is 18.2 Å². The molecule has 5 heteroatoms. The molecule has 0 spiro atoms. The van der Waals surface area contributed by atoms with Gasteiger partial charge in [-0.05, 0) is 24.8 Å². The van der Waals surface area contributed by atoms with E-state index in [4.69, 9.17) is 5.11 Å². The quantitative estimate of drug-likeness (QED) is 0.873. The number of aromatic nitrogens is 2. The first-order chi connectivity index (χ1) is 9.63. The Kier molecular flexibility index (Phi) is 3.44. The molecule has 0 bridgehead atoms. The molecule has 2 aromatic rings. The monoisotopic (exact) mass is 273 g/mol. The van der Waals surface area contributed by atoms with Crippen molar-refractivity contribution in [1.29, 1.82) is 0 Å². The van der Waals surface area contributed by atoms with Gasteiger partial charge in [-0.2, -0.15) is 5.10 Å². The van der Waals surface area contributed by atoms with Crippen LogP contribution in [0, 0.1) is 5.92 Å². The topological polar surface area (TPSA) is 58.4 Å². The summed E-state index contributed by atoms with van der Waals surface area (Å²) in [6.45, 7) is 1.54. The molecule has 1 aromatic carbocycles. The van der Waals surface area contributed by atoms with E-state index in [9.17, 15) is 4.79 Å². The van der Waals surface area contributed by atoms with Gasteiger partial charge in [-0.3, -0.25) is 14.4 Å². The Balaban J connectivity index is 1.83. The maximum Gasteiger partial charge on any atom is 0.317 e. The summed E-state index contributed by atoms with van der Waals surface area (Å²) < 4.78 is 1.86. The Hall–Kier alpha value is -1.88. The van der Waals surface area contributed by atoms with Crippen molar-refractivity contribution in [3.8, 4) is 0 Å². The van der Waals surface area contributed by atoms with E-state index < -0.39 is 5.97 Å². The van der Waals surface area contributed by atoms with Crippen LogP contribution in [0.3, 0.4) is 0 Å². The van der Waals surface area contributed by atoms with Crippen molar-refractivity contribution in [3.05, 3.63) is 30.0 Å². The summed E-state index contributed by atoms with van der Waals surface area (Å²) in [4.78, 5) is 13.0. The highest BCUT2D eigenvalue weighted by atomic mass is 16.4. The smallest absolute Gasteiger partial charge is 0.317 e. The molecule has 1 aliphatic rings. The van der Waals surface area contributed by atoms with Crippen LogP contribution in [0.15, 0.2) is 24.3 Å². The molecule has 1 aromatic heterocycles. The van der Waals surface area contributed by atoms with Crippen molar-refractivity contribution >= 4 is 16.9 Å². The van der Waals surface area contributed by atoms with Gasteiger partial charge in [0.1, 0.15) is 0 Å². The second-order valence-electron chi connectivity index (χ2n) is 5.59. The van der Waals surface area contributed by atoms with Crippen molar-refractivity contribution in [1.82, 2.24) is 14.7 Å². The van der Waals surface area contributed by atoms with Crippen LogP contribution in [0.25, 0.3) is 10.9 Å². The molecular formula is C15H19N3O2. The molecule has 3 rings (SSSR count). The minimum atomic E-state index is -0.772. The van der Waals surface area contributed by atoms with Crippen LogP contribution in [0.2, 0.25) is 0 Å². The summed E-state index contributed by atoms with van der Waals surface area (Å²) in [5, 5.41) is 14.7. The Morgan fingerprint density at radius 3 is 2.90 bits per heavy atom. The van der Waals surface area contributed by atoms with E-state index in [1.165, 1.54) is 12.8 Å². The van der Waals surface area contributed by atoms with Crippen LogP contribution >= 0.6 is 0 Å². The lowest BCUT2D eigenvalue weighted by Gasteiger charge is -2.18. The molecular weight excluding hydrogens is 254 g/mol. The van der Waals surface area contributed by atoms with E-state index in [0.717, 1.165) is 23.1 Å². The standard InChI is InChI=1S/C15H19N3O2/c1-17-14-5-3-2-4-12(14)13(16-17)9-18(10-15(19)20)8-11-6-7-11/h2-5,11H,6-10H2,1H3,(H,19,20). The highest BCUT2D eigenvalue weighted by Crippen LogP contribution is 2.30. The fourth-order valence-corrected chi connectivity index (χ4v) is 2.66. The van der Waals surface area contributed by atoms with E-state index in [2.05, 4.69) is 5.10 Å². The average molecular weight is 273 g/mol. The molecule has 1 saturated carbocycles. The summed E-state index contributed by atoms with van der Waals surface area (Å²) in [6, 6.07) is 8.07. The average Bonchev–Trinajstić information content (AvgIpc) is 3.15. The van der Waals surface area contributed by atoms with Gasteiger partial charge in [0.25, 0.3) is 0 Å². The molecule has 0 radical (unpaired) electrons. The number of carbonyl (C=O) groups is 1.